The fourth-order valence-electron chi connectivity index (χ4n) is 9.01. The molecule has 3 saturated heterocycles. The number of carbonyl (C=O) groups excluding carboxylic acids is 2. The molecule has 0 spiro atoms. The standard InChI is InChI=1S/C39H71NO13/c1-16-27-39(10,45)34(46-13)22(4)29(41)20(2)18-38(9,48-15)33(53-36-30(42)26(40(11)12)17-21(3)49-36)23(5)31(24(6)35(44)51-27)52-28-19-37(8,47-14)32(43)25(7)50-28/h20-28,30-34,36,42-43,45H,16-19H2,1-15H3/t20-,21+,22-,23+,24+,25-,26-,27-,28-,30+,31+,32-,33-,34+,36-,37+,38+,39?/m0/s1. The van der Waals surface area contributed by atoms with Crippen molar-refractivity contribution in [3.63, 3.8) is 0 Å². The Hall–Kier alpha value is -1.30. The number of carbonyl (C=O) groups is 2. The van der Waals surface area contributed by atoms with Crippen LogP contribution in [0.25, 0.3) is 0 Å². The number of Topliss-reactive ketones (excluding diaryl/α,β-unsaturated/α-hetero) is 1. The molecule has 0 aromatic rings. The molecular formula is C39H71NO13. The predicted molar refractivity (Wildman–Crippen MR) is 196 cm³/mol. The molecule has 3 fully saturated rings. The largest absolute Gasteiger partial charge is 0.459 e. The van der Waals surface area contributed by atoms with E-state index >= 15 is 0 Å². The van der Waals surface area contributed by atoms with E-state index in [-0.39, 0.29) is 37.2 Å². The molecule has 1 unspecified atom stereocenters. The minimum atomic E-state index is -1.73. The summed E-state index contributed by atoms with van der Waals surface area (Å²) in [5, 5.41) is 34.5. The van der Waals surface area contributed by atoms with E-state index in [1.807, 2.05) is 46.7 Å². The lowest BCUT2D eigenvalue weighted by atomic mass is 9.73. The van der Waals surface area contributed by atoms with E-state index in [0.29, 0.717) is 6.42 Å². The third-order valence-corrected chi connectivity index (χ3v) is 12.5. The molecule has 14 heteroatoms. The van der Waals surface area contributed by atoms with Crippen LogP contribution < -0.4 is 0 Å². The van der Waals surface area contributed by atoms with Crippen LogP contribution in [0.3, 0.4) is 0 Å². The van der Waals surface area contributed by atoms with Crippen molar-refractivity contribution >= 4 is 11.8 Å². The summed E-state index contributed by atoms with van der Waals surface area (Å²) in [6, 6.07) is -0.270. The minimum Gasteiger partial charge on any atom is -0.459 e. The highest BCUT2D eigenvalue weighted by molar-refractivity contribution is 5.83. The average molecular weight is 762 g/mol. The zero-order valence-electron chi connectivity index (χ0n) is 34.9. The van der Waals surface area contributed by atoms with E-state index in [9.17, 15) is 24.9 Å². The second-order valence-electron chi connectivity index (χ2n) is 16.8. The first-order valence-electron chi connectivity index (χ1n) is 19.3. The summed E-state index contributed by atoms with van der Waals surface area (Å²) in [5.74, 6) is -3.88. The van der Waals surface area contributed by atoms with E-state index in [4.69, 9.17) is 37.9 Å². The molecule has 0 aliphatic carbocycles. The highest BCUT2D eigenvalue weighted by atomic mass is 16.7. The average Bonchev–Trinajstić information content (AvgIpc) is 3.10. The molecule has 310 valence electrons. The number of likely N-dealkylation sites (N-methyl/N-ethyl adjacent to an activating group) is 1. The molecule has 3 aliphatic rings. The maximum absolute atomic E-state index is 14.3. The van der Waals surface area contributed by atoms with E-state index in [2.05, 4.69) is 0 Å². The SMILES string of the molecule is CC[C@@H]1OC(=O)[C@H](C)[C@H](O[C@H]2C[C@@](C)(OC)[C@@H](O)[C@H](C)O2)[C@@H](C)[C@H](O[C@@H]2O[C@H](C)C[C@H](N(C)C)[C@H]2O)[C@](C)(OC)C[C@H](C)C(=O)[C@H](C)[C@@H](OC)C1(C)O. The zero-order valence-corrected chi connectivity index (χ0v) is 34.9. The molecule has 0 bridgehead atoms. The first kappa shape index (κ1) is 46.1. The molecule has 3 N–H and O–H groups in total. The molecule has 3 heterocycles. The van der Waals surface area contributed by atoms with Gasteiger partial charge < -0.3 is 58.1 Å². The van der Waals surface area contributed by atoms with Crippen molar-refractivity contribution in [2.45, 2.75) is 179 Å². The fourth-order valence-corrected chi connectivity index (χ4v) is 9.01. The number of esters is 1. The Kier molecular flexibility index (Phi) is 15.9. The molecule has 14 nitrogen and oxygen atoms in total. The van der Waals surface area contributed by atoms with Gasteiger partial charge in [-0.3, -0.25) is 9.59 Å². The summed E-state index contributed by atoms with van der Waals surface area (Å²) >= 11 is 0. The van der Waals surface area contributed by atoms with E-state index < -0.39 is 102 Å². The Labute approximate surface area is 317 Å². The monoisotopic (exact) mass is 761 g/mol. The maximum atomic E-state index is 14.3. The van der Waals surface area contributed by atoms with Gasteiger partial charge in [0, 0.05) is 51.5 Å². The number of ketones is 1. The van der Waals surface area contributed by atoms with Crippen molar-refractivity contribution in [3.8, 4) is 0 Å². The lowest BCUT2D eigenvalue weighted by Gasteiger charge is -2.50. The number of methoxy groups -OCH3 is 3. The van der Waals surface area contributed by atoms with Crippen LogP contribution in [0.2, 0.25) is 0 Å². The van der Waals surface area contributed by atoms with Gasteiger partial charge in [-0.25, -0.2) is 0 Å². The van der Waals surface area contributed by atoms with Crippen LogP contribution in [0.4, 0.5) is 0 Å². The smallest absolute Gasteiger partial charge is 0.311 e. The van der Waals surface area contributed by atoms with Crippen molar-refractivity contribution in [1.82, 2.24) is 4.90 Å². The summed E-state index contributed by atoms with van der Waals surface area (Å²) < 4.78 is 50.0. The molecule has 0 radical (unpaired) electrons. The van der Waals surface area contributed by atoms with Crippen molar-refractivity contribution in [1.29, 1.82) is 0 Å². The van der Waals surface area contributed by atoms with Gasteiger partial charge in [0.1, 0.15) is 29.7 Å². The van der Waals surface area contributed by atoms with Gasteiger partial charge in [0.2, 0.25) is 0 Å². The quantitative estimate of drug-likeness (QED) is 0.293. The van der Waals surface area contributed by atoms with Crippen molar-refractivity contribution in [2.75, 3.05) is 35.4 Å². The number of hydrogen-bond donors (Lipinski definition) is 3. The van der Waals surface area contributed by atoms with Gasteiger partial charge in [-0.15, -0.1) is 0 Å². The van der Waals surface area contributed by atoms with E-state index in [1.165, 1.54) is 28.3 Å². The first-order valence-corrected chi connectivity index (χ1v) is 19.3. The topological polar surface area (TPSA) is 172 Å². The van der Waals surface area contributed by atoms with Gasteiger partial charge in [-0.1, -0.05) is 27.7 Å². The second-order valence-corrected chi connectivity index (χ2v) is 16.8. The van der Waals surface area contributed by atoms with Gasteiger partial charge in [-0.05, 0) is 74.9 Å². The number of ether oxygens (including phenoxy) is 8. The van der Waals surface area contributed by atoms with Crippen molar-refractivity contribution in [3.05, 3.63) is 0 Å². The van der Waals surface area contributed by atoms with Gasteiger partial charge in [0.05, 0.1) is 47.6 Å². The van der Waals surface area contributed by atoms with Gasteiger partial charge in [0.25, 0.3) is 0 Å². The Morgan fingerprint density at radius 1 is 0.849 bits per heavy atom. The lowest BCUT2D eigenvalue weighted by Crippen LogP contribution is -2.61. The predicted octanol–water partition coefficient (Wildman–Crippen LogP) is 3.09. The lowest BCUT2D eigenvalue weighted by molar-refractivity contribution is -0.319. The molecule has 3 aliphatic heterocycles. The van der Waals surface area contributed by atoms with Crippen molar-refractivity contribution in [2.24, 2.45) is 23.7 Å². The van der Waals surface area contributed by atoms with Crippen LogP contribution in [0.5, 0.6) is 0 Å². The Morgan fingerprint density at radius 2 is 1.45 bits per heavy atom. The molecule has 3 rings (SSSR count). The Morgan fingerprint density at radius 3 is 1.98 bits per heavy atom. The fraction of sp³-hybridized carbons (Fsp3) is 0.949. The van der Waals surface area contributed by atoms with Crippen molar-refractivity contribution < 1.29 is 62.8 Å². The summed E-state index contributed by atoms with van der Waals surface area (Å²) in [6.07, 6.45) is -7.72. The highest BCUT2D eigenvalue weighted by Gasteiger charge is 2.54. The highest BCUT2D eigenvalue weighted by Crippen LogP contribution is 2.42. The minimum absolute atomic E-state index is 0.144. The molecule has 53 heavy (non-hydrogen) atoms. The maximum Gasteiger partial charge on any atom is 0.311 e. The number of aliphatic hydroxyl groups excluding tert-OH is 2. The Balaban J connectivity index is 2.24. The molecule has 0 aromatic heterocycles. The Bertz CT molecular complexity index is 1200. The summed E-state index contributed by atoms with van der Waals surface area (Å²) in [4.78, 5) is 30.5. The first-order chi connectivity index (χ1) is 24.5. The number of nitrogens with zero attached hydrogens (tertiary/aromatic N) is 1. The van der Waals surface area contributed by atoms with Crippen LogP contribution in [-0.2, 0) is 47.5 Å². The summed E-state index contributed by atoms with van der Waals surface area (Å²) in [6.45, 7) is 17.7. The van der Waals surface area contributed by atoms with Gasteiger partial charge in [-0.2, -0.15) is 0 Å². The summed E-state index contributed by atoms with van der Waals surface area (Å²) in [5.41, 5.74) is -3.96. The van der Waals surface area contributed by atoms with Crippen LogP contribution in [0.15, 0.2) is 0 Å². The molecule has 0 amide bonds. The second kappa shape index (κ2) is 18.3. The van der Waals surface area contributed by atoms with E-state index in [0.717, 1.165) is 0 Å². The third-order valence-electron chi connectivity index (χ3n) is 12.5. The van der Waals surface area contributed by atoms with E-state index in [1.54, 1.807) is 34.6 Å². The third kappa shape index (κ3) is 9.81. The molecule has 0 aromatic carbocycles. The number of aliphatic hydroxyl groups is 3. The zero-order chi connectivity index (χ0) is 40.4. The molecule has 0 saturated carbocycles. The normalized spacial score (nSPS) is 48.3. The van der Waals surface area contributed by atoms with Crippen LogP contribution >= 0.6 is 0 Å². The number of hydrogen-bond acceptors (Lipinski definition) is 14. The molecule has 18 atom stereocenters. The number of cyclic esters (lactones) is 1. The summed E-state index contributed by atoms with van der Waals surface area (Å²) in [7, 11) is 8.26. The van der Waals surface area contributed by atoms with Gasteiger partial charge >= 0.3 is 5.97 Å². The van der Waals surface area contributed by atoms with Crippen LogP contribution in [-0.4, -0.2) is 152 Å². The van der Waals surface area contributed by atoms with Crippen LogP contribution in [0, 0.1) is 23.7 Å². The number of rotatable bonds is 9. The molecular weight excluding hydrogens is 690 g/mol. The van der Waals surface area contributed by atoms with Crippen LogP contribution in [0.1, 0.15) is 94.9 Å². The van der Waals surface area contributed by atoms with Gasteiger partial charge in [0.15, 0.2) is 12.6 Å².